The number of rotatable bonds is 7. The molecule has 0 saturated heterocycles. The lowest BCUT2D eigenvalue weighted by Crippen LogP contribution is -2.01. The van der Waals surface area contributed by atoms with E-state index in [0.717, 1.165) is 83.3 Å². The largest absolute Gasteiger partial charge is 0.309 e. The summed E-state index contributed by atoms with van der Waals surface area (Å²) in [6, 6.07) is 76.2. The summed E-state index contributed by atoms with van der Waals surface area (Å²) >= 11 is 0. The maximum Gasteiger partial charge on any atom is 0.164 e. The highest BCUT2D eigenvalue weighted by Gasteiger charge is 2.22. The van der Waals surface area contributed by atoms with Crippen molar-refractivity contribution in [2.24, 2.45) is 0 Å². The van der Waals surface area contributed by atoms with Crippen LogP contribution in [0.3, 0.4) is 0 Å². The van der Waals surface area contributed by atoms with Crippen molar-refractivity contribution in [2.75, 3.05) is 0 Å². The fraction of sp³-hybridized carbons (Fsp3) is 0. The number of hydrogen-bond donors (Lipinski definition) is 0. The highest BCUT2D eigenvalue weighted by molar-refractivity contribution is 6.10. The Morgan fingerprint density at radius 3 is 1.47 bits per heavy atom. The summed E-state index contributed by atoms with van der Waals surface area (Å²) in [5.74, 6) is 1.82. The van der Waals surface area contributed by atoms with Gasteiger partial charge in [0.05, 0.1) is 22.2 Å². The van der Waals surface area contributed by atoms with Crippen LogP contribution < -0.4 is 0 Å². The molecule has 0 amide bonds. The SMILES string of the molecule is c1ccc(-c2nc(-c3ccc(-c4c(-c5ccccc5)nn5c(-c6ccccc6)cc6ccccc6c45)cc3)nc(-c3cccc(-n4c5ccccc5c5ccccc54)c3)n2)cc1. The van der Waals surface area contributed by atoms with Gasteiger partial charge in [0.2, 0.25) is 0 Å². The Hall–Kier alpha value is -8.48. The molecule has 4 aromatic heterocycles. The highest BCUT2D eigenvalue weighted by Crippen LogP contribution is 2.41. The molecule has 0 unspecified atom stereocenters. The number of nitrogens with zero attached hydrogens (tertiary/aromatic N) is 6. The number of fused-ring (bicyclic) bond motifs is 6. The maximum atomic E-state index is 5.40. The van der Waals surface area contributed by atoms with E-state index in [1.54, 1.807) is 0 Å². The van der Waals surface area contributed by atoms with Crippen molar-refractivity contribution in [2.45, 2.75) is 0 Å². The summed E-state index contributed by atoms with van der Waals surface area (Å²) in [5.41, 5.74) is 13.4. The Balaban J connectivity index is 1.02. The van der Waals surface area contributed by atoms with Gasteiger partial charge in [0.15, 0.2) is 17.5 Å². The van der Waals surface area contributed by atoms with Gasteiger partial charge in [0, 0.05) is 55.2 Å². The third-order valence-corrected chi connectivity index (χ3v) is 11.8. The van der Waals surface area contributed by atoms with E-state index in [4.69, 9.17) is 20.1 Å². The molecule has 0 N–H and O–H groups in total. The van der Waals surface area contributed by atoms with Crippen LogP contribution in [0.5, 0.6) is 0 Å². The van der Waals surface area contributed by atoms with Crippen LogP contribution in [0.4, 0.5) is 0 Å². The van der Waals surface area contributed by atoms with Crippen LogP contribution in [-0.4, -0.2) is 29.1 Å². The molecule has 6 heteroatoms. The normalized spacial score (nSPS) is 11.5. The van der Waals surface area contributed by atoms with Crippen LogP contribution in [-0.2, 0) is 0 Å². The van der Waals surface area contributed by atoms with Crippen LogP contribution in [0, 0.1) is 0 Å². The first-order valence-electron chi connectivity index (χ1n) is 20.8. The van der Waals surface area contributed by atoms with Crippen molar-refractivity contribution in [3.05, 3.63) is 218 Å². The van der Waals surface area contributed by atoms with Gasteiger partial charge < -0.3 is 4.57 Å². The molecule has 0 atom stereocenters. The lowest BCUT2D eigenvalue weighted by molar-refractivity contribution is 0.979. The van der Waals surface area contributed by atoms with E-state index < -0.39 is 0 Å². The topological polar surface area (TPSA) is 60.9 Å². The quantitative estimate of drug-likeness (QED) is 0.161. The Labute approximate surface area is 357 Å². The average molecular weight is 793 g/mol. The first kappa shape index (κ1) is 35.5. The van der Waals surface area contributed by atoms with Gasteiger partial charge in [-0.05, 0) is 41.3 Å². The van der Waals surface area contributed by atoms with E-state index in [0.29, 0.717) is 17.5 Å². The summed E-state index contributed by atoms with van der Waals surface area (Å²) in [6.45, 7) is 0. The van der Waals surface area contributed by atoms with Crippen LogP contribution in [0.25, 0.3) is 112 Å². The smallest absolute Gasteiger partial charge is 0.164 e. The second-order valence-electron chi connectivity index (χ2n) is 15.5. The number of hydrogen-bond acceptors (Lipinski definition) is 4. The lowest BCUT2D eigenvalue weighted by atomic mass is 9.96. The molecule has 0 aliphatic rings. The van der Waals surface area contributed by atoms with E-state index >= 15 is 0 Å². The van der Waals surface area contributed by atoms with Crippen LogP contribution in [0.1, 0.15) is 0 Å². The first-order valence-corrected chi connectivity index (χ1v) is 20.8. The molecule has 0 aliphatic heterocycles. The minimum atomic E-state index is 0.600. The van der Waals surface area contributed by atoms with E-state index in [-0.39, 0.29) is 0 Å². The summed E-state index contributed by atoms with van der Waals surface area (Å²) in [5, 5.41) is 10.1. The molecule has 290 valence electrons. The molecule has 6 nitrogen and oxygen atoms in total. The molecule has 0 bridgehead atoms. The Morgan fingerprint density at radius 2 is 0.823 bits per heavy atom. The van der Waals surface area contributed by atoms with Crippen molar-refractivity contribution in [1.29, 1.82) is 0 Å². The molecular formula is C56H36N6. The molecule has 0 radical (unpaired) electrons. The predicted octanol–water partition coefficient (Wildman–Crippen LogP) is 13.8. The van der Waals surface area contributed by atoms with Crippen molar-refractivity contribution in [1.82, 2.24) is 29.1 Å². The molecule has 0 saturated carbocycles. The molecule has 12 rings (SSSR count). The van der Waals surface area contributed by atoms with E-state index in [1.807, 2.05) is 36.4 Å². The fourth-order valence-electron chi connectivity index (χ4n) is 8.90. The molecule has 4 heterocycles. The summed E-state index contributed by atoms with van der Waals surface area (Å²) in [4.78, 5) is 15.4. The minimum absolute atomic E-state index is 0.600. The second-order valence-corrected chi connectivity index (χ2v) is 15.5. The van der Waals surface area contributed by atoms with Crippen molar-refractivity contribution in [3.63, 3.8) is 0 Å². The third-order valence-electron chi connectivity index (χ3n) is 11.8. The van der Waals surface area contributed by atoms with Crippen LogP contribution in [0.15, 0.2) is 218 Å². The van der Waals surface area contributed by atoms with E-state index in [2.05, 4.69) is 191 Å². The molecule has 62 heavy (non-hydrogen) atoms. The van der Waals surface area contributed by atoms with E-state index in [9.17, 15) is 0 Å². The number of para-hydroxylation sites is 2. The molecule has 0 fully saturated rings. The lowest BCUT2D eigenvalue weighted by Gasteiger charge is -2.12. The van der Waals surface area contributed by atoms with Gasteiger partial charge in [-0.25, -0.2) is 19.5 Å². The summed E-state index contributed by atoms with van der Waals surface area (Å²) < 4.78 is 4.45. The van der Waals surface area contributed by atoms with Gasteiger partial charge in [-0.1, -0.05) is 188 Å². The summed E-state index contributed by atoms with van der Waals surface area (Å²) in [6.07, 6.45) is 0. The van der Waals surface area contributed by atoms with Gasteiger partial charge >= 0.3 is 0 Å². The summed E-state index contributed by atoms with van der Waals surface area (Å²) in [7, 11) is 0. The van der Waals surface area contributed by atoms with Crippen molar-refractivity contribution < 1.29 is 0 Å². The van der Waals surface area contributed by atoms with Crippen molar-refractivity contribution in [3.8, 4) is 73.5 Å². The highest BCUT2D eigenvalue weighted by atomic mass is 15.2. The fourth-order valence-corrected chi connectivity index (χ4v) is 8.90. The monoisotopic (exact) mass is 792 g/mol. The molecule has 8 aromatic carbocycles. The zero-order valence-electron chi connectivity index (χ0n) is 33.5. The molecule has 0 aliphatic carbocycles. The third kappa shape index (κ3) is 5.96. The Morgan fingerprint density at radius 1 is 0.339 bits per heavy atom. The Kier molecular flexibility index (Phi) is 8.38. The zero-order valence-corrected chi connectivity index (χ0v) is 33.5. The van der Waals surface area contributed by atoms with Crippen LogP contribution in [0.2, 0.25) is 0 Å². The predicted molar refractivity (Wildman–Crippen MR) is 253 cm³/mol. The Bertz CT molecular complexity index is 3560. The van der Waals surface area contributed by atoms with Crippen LogP contribution >= 0.6 is 0 Å². The standard InChI is InChI=1S/C56H36N6/c1-4-17-37(18-5-1)50-36-42-23-10-11-26-45(42)53-51(52(60-62(50)53)39-19-6-2-7-20-39)38-31-33-41(34-32-38)55-57-54(40-21-8-3-9-22-40)58-56(59-55)43-24-16-25-44(35-43)61-48-29-14-12-27-46(48)47-28-13-15-30-49(47)61/h1-36H. The maximum absolute atomic E-state index is 5.40. The number of pyridine rings is 1. The second kappa shape index (κ2) is 14.7. The number of aromatic nitrogens is 6. The minimum Gasteiger partial charge on any atom is -0.309 e. The van der Waals surface area contributed by atoms with Gasteiger partial charge in [0.25, 0.3) is 0 Å². The van der Waals surface area contributed by atoms with Gasteiger partial charge in [0.1, 0.15) is 5.69 Å². The van der Waals surface area contributed by atoms with Gasteiger partial charge in [-0.2, -0.15) is 5.10 Å². The zero-order chi connectivity index (χ0) is 41.0. The van der Waals surface area contributed by atoms with E-state index in [1.165, 1.54) is 10.8 Å². The molecule has 0 spiro atoms. The van der Waals surface area contributed by atoms with Gasteiger partial charge in [-0.3, -0.25) is 0 Å². The average Bonchev–Trinajstić information content (AvgIpc) is 3.92. The molecule has 12 aromatic rings. The molecular weight excluding hydrogens is 757 g/mol. The first-order chi connectivity index (χ1) is 30.7. The van der Waals surface area contributed by atoms with Crippen molar-refractivity contribution >= 4 is 38.1 Å². The van der Waals surface area contributed by atoms with Gasteiger partial charge in [-0.15, -0.1) is 0 Å². The number of benzene rings is 8.